The summed E-state index contributed by atoms with van der Waals surface area (Å²) in [5, 5.41) is 0. The number of halogens is 3. The molecule has 0 N–H and O–H groups in total. The van der Waals surface area contributed by atoms with Crippen LogP contribution in [-0.4, -0.2) is 31.1 Å². The fraction of sp³-hybridized carbons (Fsp3) is 0.321. The number of benzene rings is 3. The quantitative estimate of drug-likeness (QED) is 0.518. The van der Waals surface area contributed by atoms with E-state index in [9.17, 15) is 8.78 Å². The van der Waals surface area contributed by atoms with Crippen LogP contribution in [0.4, 0.5) is 8.78 Å². The topological polar surface area (TPSA) is 21.5 Å². The Morgan fingerprint density at radius 2 is 1.50 bits per heavy atom. The first-order valence-corrected chi connectivity index (χ1v) is 11.1. The van der Waals surface area contributed by atoms with Gasteiger partial charge in [-0.15, -0.1) is 0 Å². The van der Waals surface area contributed by atoms with Gasteiger partial charge in [0.05, 0.1) is 19.8 Å². The van der Waals surface area contributed by atoms with Gasteiger partial charge in [-0.3, -0.25) is 0 Å². The molecule has 0 amide bonds. The highest BCUT2D eigenvalue weighted by molar-refractivity contribution is 6.11. The van der Waals surface area contributed by atoms with Crippen LogP contribution in [0.1, 0.15) is 48.6 Å². The van der Waals surface area contributed by atoms with Crippen LogP contribution in [0.2, 0.25) is 0 Å². The normalized spacial score (nSPS) is 13.3. The molecule has 0 aromatic heterocycles. The predicted molar refractivity (Wildman–Crippen MR) is 127 cm³/mol. The summed E-state index contributed by atoms with van der Waals surface area (Å²) in [4.78, 5) is 0. The van der Waals surface area contributed by atoms with Gasteiger partial charge in [0.15, 0.2) is 29.7 Å². The lowest BCUT2D eigenvalue weighted by atomic mass is 9.85. The molecule has 0 atom stereocenters. The van der Waals surface area contributed by atoms with Gasteiger partial charge < -0.3 is 21.9 Å². The highest BCUT2D eigenvalue weighted by Gasteiger charge is 2.30. The fourth-order valence-corrected chi connectivity index (χ4v) is 4.37. The molecule has 6 heteroatoms. The summed E-state index contributed by atoms with van der Waals surface area (Å²) >= 11 is 0. The first kappa shape index (κ1) is 25.7. The van der Waals surface area contributed by atoms with E-state index >= 15 is 0 Å². The van der Waals surface area contributed by atoms with Crippen LogP contribution < -0.4 is 21.9 Å². The summed E-state index contributed by atoms with van der Waals surface area (Å²) in [6.45, 7) is 7.80. The van der Waals surface area contributed by atoms with Crippen molar-refractivity contribution in [2.24, 2.45) is 0 Å². The Balaban J connectivity index is 0.00000324. The molecule has 3 aromatic rings. The van der Waals surface area contributed by atoms with Crippen molar-refractivity contribution in [2.45, 2.75) is 39.2 Å². The summed E-state index contributed by atoms with van der Waals surface area (Å²) in [5.41, 5.74) is 6.37. The maximum Gasteiger partial charge on any atom is 0.215 e. The lowest BCUT2D eigenvalue weighted by molar-refractivity contribution is -0.544. The third-order valence-corrected chi connectivity index (χ3v) is 6.21. The third kappa shape index (κ3) is 5.10. The molecule has 34 heavy (non-hydrogen) atoms. The number of rotatable bonds is 5. The minimum absolute atomic E-state index is 0. The van der Waals surface area contributed by atoms with E-state index in [0.29, 0.717) is 18.0 Å². The number of methoxy groups -OCH3 is 2. The Bertz CT molecular complexity index is 1210. The molecule has 3 nitrogen and oxygen atoms in total. The zero-order valence-corrected chi connectivity index (χ0v) is 21.0. The summed E-state index contributed by atoms with van der Waals surface area (Å²) in [6.07, 6.45) is 0.808. The van der Waals surface area contributed by atoms with Gasteiger partial charge in [-0.2, -0.15) is 0 Å². The molecule has 1 aliphatic heterocycles. The third-order valence-electron chi connectivity index (χ3n) is 6.21. The molecule has 0 unspecified atom stereocenters. The van der Waals surface area contributed by atoms with Crippen LogP contribution in [0.25, 0.3) is 0 Å². The first-order valence-electron chi connectivity index (χ1n) is 11.1. The Hall–Kier alpha value is -2.92. The second kappa shape index (κ2) is 10.1. The summed E-state index contributed by atoms with van der Waals surface area (Å²) in [5.74, 6) is -0.295. The van der Waals surface area contributed by atoms with Crippen molar-refractivity contribution in [3.8, 4) is 11.5 Å². The van der Waals surface area contributed by atoms with Crippen molar-refractivity contribution in [1.29, 1.82) is 0 Å². The van der Waals surface area contributed by atoms with Crippen LogP contribution in [0.3, 0.4) is 0 Å². The van der Waals surface area contributed by atoms with Crippen molar-refractivity contribution in [1.82, 2.24) is 0 Å². The Morgan fingerprint density at radius 3 is 2.09 bits per heavy atom. The molecule has 1 heterocycles. The molecule has 0 saturated heterocycles. The largest absolute Gasteiger partial charge is 1.00 e. The molecule has 0 radical (unpaired) electrons. The average Bonchev–Trinajstić information content (AvgIpc) is 2.80. The lowest BCUT2D eigenvalue weighted by Crippen LogP contribution is -3.00. The van der Waals surface area contributed by atoms with Gasteiger partial charge in [0.1, 0.15) is 6.54 Å². The van der Waals surface area contributed by atoms with Gasteiger partial charge in [-0.05, 0) is 59.0 Å². The number of hydrogen-bond donors (Lipinski definition) is 0. The standard InChI is InChI=1S/C28H30F2NO2.ClH/c1-28(2,3)21-9-7-19(8-10-21)27-22-16-26(33-5)25(32-4)15-20(22)12-13-31(27)17-18-6-11-23(29)24(30)14-18;/h6-11,14-16H,12-13,17H2,1-5H3;1H/q+1;/p-1. The minimum Gasteiger partial charge on any atom is -1.00 e. The predicted octanol–water partition coefficient (Wildman–Crippen LogP) is 2.89. The zero-order chi connectivity index (χ0) is 23.8. The molecule has 3 aromatic carbocycles. The van der Waals surface area contributed by atoms with E-state index in [1.54, 1.807) is 20.3 Å². The maximum atomic E-state index is 13.9. The molecule has 0 bridgehead atoms. The van der Waals surface area contributed by atoms with Gasteiger partial charge in [-0.1, -0.05) is 32.9 Å². The van der Waals surface area contributed by atoms with Gasteiger partial charge in [0.2, 0.25) is 5.71 Å². The van der Waals surface area contributed by atoms with Gasteiger partial charge >= 0.3 is 0 Å². The zero-order valence-electron chi connectivity index (χ0n) is 20.2. The Kier molecular flexibility index (Phi) is 7.67. The van der Waals surface area contributed by atoms with Crippen molar-refractivity contribution in [3.05, 3.63) is 94.0 Å². The molecule has 4 rings (SSSR count). The maximum absolute atomic E-state index is 13.9. The molecule has 1 aliphatic rings. The minimum atomic E-state index is -0.832. The monoisotopic (exact) mass is 485 g/mol. The molecule has 0 aliphatic carbocycles. The Labute approximate surface area is 206 Å². The molecule has 0 saturated carbocycles. The van der Waals surface area contributed by atoms with E-state index in [1.807, 2.05) is 12.1 Å². The van der Waals surface area contributed by atoms with Gasteiger partial charge in [-0.25, -0.2) is 13.4 Å². The second-order valence-electron chi connectivity index (χ2n) is 9.46. The SMILES string of the molecule is COc1cc2c(cc1OC)C(c1ccc(C(C)(C)C)cc1)=[N+](Cc1ccc(F)c(F)c1)CC2.[Cl-]. The van der Waals surface area contributed by atoms with Crippen LogP contribution in [0.15, 0.2) is 54.6 Å². The smallest absolute Gasteiger partial charge is 0.215 e. The molecule has 0 fully saturated rings. The van der Waals surface area contributed by atoms with Crippen LogP contribution in [0.5, 0.6) is 11.5 Å². The van der Waals surface area contributed by atoms with E-state index in [1.165, 1.54) is 23.3 Å². The van der Waals surface area contributed by atoms with E-state index in [4.69, 9.17) is 9.47 Å². The number of ether oxygens (including phenoxy) is 2. The summed E-state index contributed by atoms with van der Waals surface area (Å²) in [7, 11) is 3.27. The van der Waals surface area contributed by atoms with Crippen LogP contribution >= 0.6 is 0 Å². The van der Waals surface area contributed by atoms with Crippen molar-refractivity contribution in [2.75, 3.05) is 20.8 Å². The average molecular weight is 486 g/mol. The molecular weight excluding hydrogens is 456 g/mol. The van der Waals surface area contributed by atoms with Crippen molar-refractivity contribution < 1.29 is 35.2 Å². The van der Waals surface area contributed by atoms with E-state index in [-0.39, 0.29) is 17.8 Å². The first-order chi connectivity index (χ1) is 15.7. The summed E-state index contributed by atoms with van der Waals surface area (Å²) in [6, 6.07) is 16.8. The lowest BCUT2D eigenvalue weighted by Gasteiger charge is -2.22. The van der Waals surface area contributed by atoms with E-state index in [2.05, 4.69) is 49.6 Å². The van der Waals surface area contributed by atoms with Gasteiger partial charge in [0, 0.05) is 17.5 Å². The highest BCUT2D eigenvalue weighted by Crippen LogP contribution is 2.34. The number of fused-ring (bicyclic) bond motifs is 1. The van der Waals surface area contributed by atoms with E-state index in [0.717, 1.165) is 35.4 Å². The number of nitrogens with zero attached hydrogens (tertiary/aromatic N) is 1. The molecule has 0 spiro atoms. The van der Waals surface area contributed by atoms with Crippen molar-refractivity contribution >= 4 is 5.71 Å². The highest BCUT2D eigenvalue weighted by atomic mass is 35.5. The molecule has 180 valence electrons. The van der Waals surface area contributed by atoms with Crippen molar-refractivity contribution in [3.63, 3.8) is 0 Å². The van der Waals surface area contributed by atoms with Crippen LogP contribution in [0, 0.1) is 11.6 Å². The number of hydrogen-bond acceptors (Lipinski definition) is 2. The van der Waals surface area contributed by atoms with E-state index < -0.39 is 11.6 Å². The fourth-order valence-electron chi connectivity index (χ4n) is 4.37. The molecular formula is C28H30ClF2NO2. The van der Waals surface area contributed by atoms with Gasteiger partial charge in [0.25, 0.3) is 0 Å². The second-order valence-corrected chi connectivity index (χ2v) is 9.46. The van der Waals surface area contributed by atoms with Crippen LogP contribution in [-0.2, 0) is 18.4 Å². The summed E-state index contributed by atoms with van der Waals surface area (Å²) < 4.78 is 40.7. The Morgan fingerprint density at radius 1 is 0.853 bits per heavy atom.